The molecule has 1 N–H and O–H groups in total. The van der Waals surface area contributed by atoms with Crippen LogP contribution < -0.4 is 5.32 Å². The summed E-state index contributed by atoms with van der Waals surface area (Å²) in [6, 6.07) is 8.41. The molecule has 2 aromatic carbocycles. The summed E-state index contributed by atoms with van der Waals surface area (Å²) in [7, 11) is 1.90. The van der Waals surface area contributed by atoms with Crippen LogP contribution in [0, 0.1) is 23.4 Å². The smallest absolute Gasteiger partial charge is 0.253 e. The van der Waals surface area contributed by atoms with Crippen LogP contribution in [0.25, 0.3) is 11.1 Å². The molecule has 26 heavy (non-hydrogen) atoms. The first-order valence-corrected chi connectivity index (χ1v) is 8.68. The molecule has 0 spiro atoms. The third kappa shape index (κ3) is 3.90. The Kier molecular flexibility index (Phi) is 5.61. The van der Waals surface area contributed by atoms with Crippen LogP contribution in [0.2, 0.25) is 0 Å². The molecule has 1 saturated heterocycles. The highest BCUT2D eigenvalue weighted by atomic mass is 19.2. The van der Waals surface area contributed by atoms with Gasteiger partial charge in [0.2, 0.25) is 0 Å². The van der Waals surface area contributed by atoms with Crippen molar-refractivity contribution in [3.05, 3.63) is 59.4 Å². The van der Waals surface area contributed by atoms with E-state index in [1.807, 2.05) is 11.9 Å². The third-order valence-electron chi connectivity index (χ3n) is 4.75. The van der Waals surface area contributed by atoms with E-state index >= 15 is 0 Å². The Morgan fingerprint density at radius 1 is 1.12 bits per heavy atom. The summed E-state index contributed by atoms with van der Waals surface area (Å²) in [5.41, 5.74) is 1.28. The number of benzene rings is 2. The maximum atomic E-state index is 13.4. The molecule has 0 bridgehead atoms. The van der Waals surface area contributed by atoms with Crippen molar-refractivity contribution in [2.75, 3.05) is 26.7 Å². The van der Waals surface area contributed by atoms with Crippen molar-refractivity contribution in [3.8, 4) is 11.1 Å². The highest BCUT2D eigenvalue weighted by molar-refractivity contribution is 5.94. The number of hydrogen-bond acceptors (Lipinski definition) is 2. The van der Waals surface area contributed by atoms with Crippen molar-refractivity contribution in [1.29, 1.82) is 0 Å². The Balaban J connectivity index is 1.76. The van der Waals surface area contributed by atoms with Crippen LogP contribution >= 0.6 is 0 Å². The van der Waals surface area contributed by atoms with E-state index in [-0.39, 0.29) is 11.5 Å². The normalized spacial score (nSPS) is 17.4. The first-order valence-electron chi connectivity index (χ1n) is 8.68. The van der Waals surface area contributed by atoms with E-state index in [0.717, 1.165) is 44.6 Å². The summed E-state index contributed by atoms with van der Waals surface area (Å²) in [6.45, 7) is 2.33. The molecule has 1 atom stereocenters. The van der Waals surface area contributed by atoms with Crippen molar-refractivity contribution in [1.82, 2.24) is 10.2 Å². The van der Waals surface area contributed by atoms with Gasteiger partial charge in [-0.15, -0.1) is 0 Å². The Morgan fingerprint density at radius 2 is 1.77 bits per heavy atom. The van der Waals surface area contributed by atoms with E-state index in [1.165, 1.54) is 0 Å². The van der Waals surface area contributed by atoms with Gasteiger partial charge in [-0.1, -0.05) is 12.1 Å². The quantitative estimate of drug-likeness (QED) is 0.838. The van der Waals surface area contributed by atoms with E-state index in [2.05, 4.69) is 5.32 Å². The summed E-state index contributed by atoms with van der Waals surface area (Å²) in [5, 5.41) is 3.15. The zero-order chi connectivity index (χ0) is 18.7. The highest BCUT2D eigenvalue weighted by Gasteiger charge is 2.24. The van der Waals surface area contributed by atoms with Crippen LogP contribution in [-0.4, -0.2) is 37.5 Å². The van der Waals surface area contributed by atoms with E-state index in [4.69, 9.17) is 0 Å². The second-order valence-electron chi connectivity index (χ2n) is 6.65. The summed E-state index contributed by atoms with van der Waals surface area (Å²) in [6.07, 6.45) is 2.08. The summed E-state index contributed by atoms with van der Waals surface area (Å²) < 4.78 is 39.9. The summed E-state index contributed by atoms with van der Waals surface area (Å²) in [4.78, 5) is 14.5. The number of carbonyl (C=O) groups is 1. The van der Waals surface area contributed by atoms with Crippen LogP contribution in [0.5, 0.6) is 0 Å². The third-order valence-corrected chi connectivity index (χ3v) is 4.75. The fourth-order valence-electron chi connectivity index (χ4n) is 3.41. The zero-order valence-electron chi connectivity index (χ0n) is 14.6. The first kappa shape index (κ1) is 18.5. The van der Waals surface area contributed by atoms with E-state index < -0.39 is 17.5 Å². The minimum atomic E-state index is -1.48. The fraction of sp³-hybridized carbons (Fsp3) is 0.350. The van der Waals surface area contributed by atoms with Gasteiger partial charge in [-0.3, -0.25) is 4.79 Å². The highest BCUT2D eigenvalue weighted by Crippen LogP contribution is 2.25. The van der Waals surface area contributed by atoms with Gasteiger partial charge < -0.3 is 10.2 Å². The molecule has 0 aliphatic carbocycles. The second kappa shape index (κ2) is 7.91. The predicted octanol–water partition coefficient (Wildman–Crippen LogP) is 3.84. The number of carbonyl (C=O) groups excluding carboxylic acids is 1. The molecule has 2 aromatic rings. The van der Waals surface area contributed by atoms with Gasteiger partial charge in [-0.05, 0) is 67.7 Å². The fourth-order valence-corrected chi connectivity index (χ4v) is 3.41. The van der Waals surface area contributed by atoms with Crippen molar-refractivity contribution in [2.45, 2.75) is 12.8 Å². The molecule has 138 valence electrons. The minimum absolute atomic E-state index is 0.0474. The molecular formula is C20H21F3N2O. The number of piperidine rings is 1. The molecule has 1 aliphatic rings. The number of halogens is 3. The average Bonchev–Trinajstić information content (AvgIpc) is 2.66. The van der Waals surface area contributed by atoms with Gasteiger partial charge in [-0.25, -0.2) is 13.2 Å². The molecule has 0 saturated carbocycles. The molecule has 0 aromatic heterocycles. The number of hydrogen-bond donors (Lipinski definition) is 1. The maximum Gasteiger partial charge on any atom is 0.253 e. The van der Waals surface area contributed by atoms with Gasteiger partial charge in [0, 0.05) is 18.7 Å². The number of likely N-dealkylation sites (tertiary alicyclic amines) is 1. The van der Waals surface area contributed by atoms with Gasteiger partial charge in [0.05, 0.1) is 0 Å². The van der Waals surface area contributed by atoms with Crippen LogP contribution in [0.4, 0.5) is 13.2 Å². The number of rotatable bonds is 4. The minimum Gasteiger partial charge on any atom is -0.338 e. The molecule has 1 aliphatic heterocycles. The molecule has 1 fully saturated rings. The van der Waals surface area contributed by atoms with Crippen molar-refractivity contribution >= 4 is 5.91 Å². The number of nitrogens with zero attached hydrogens (tertiary/aromatic N) is 1. The molecule has 3 rings (SSSR count). The maximum absolute atomic E-state index is 13.4. The average molecular weight is 362 g/mol. The first-order chi connectivity index (χ1) is 12.5. The monoisotopic (exact) mass is 362 g/mol. The Morgan fingerprint density at radius 3 is 2.38 bits per heavy atom. The second-order valence-corrected chi connectivity index (χ2v) is 6.65. The Bertz CT molecular complexity index is 767. The van der Waals surface area contributed by atoms with Crippen molar-refractivity contribution < 1.29 is 18.0 Å². The van der Waals surface area contributed by atoms with E-state index in [0.29, 0.717) is 17.0 Å². The standard InChI is InChI=1S/C20H21F3N2O/c1-24-11-13-3-2-8-25(12-13)20(26)15-6-4-14(5-7-15)16-9-17(21)19(23)18(22)10-16/h4-7,9-10,13,24H,2-3,8,11-12H2,1H3. The van der Waals surface area contributed by atoms with Gasteiger partial charge >= 0.3 is 0 Å². The summed E-state index contributed by atoms with van der Waals surface area (Å²) in [5.74, 6) is -3.55. The Hall–Kier alpha value is -2.34. The topological polar surface area (TPSA) is 32.3 Å². The van der Waals surface area contributed by atoms with Gasteiger partial charge in [0.25, 0.3) is 5.91 Å². The van der Waals surface area contributed by atoms with Crippen LogP contribution in [0.3, 0.4) is 0 Å². The molecule has 1 unspecified atom stereocenters. The lowest BCUT2D eigenvalue weighted by atomic mass is 9.97. The molecule has 1 heterocycles. The van der Waals surface area contributed by atoms with Crippen molar-refractivity contribution in [3.63, 3.8) is 0 Å². The Labute approximate surface area is 150 Å². The van der Waals surface area contributed by atoms with Crippen molar-refractivity contribution in [2.24, 2.45) is 5.92 Å². The van der Waals surface area contributed by atoms with Crippen LogP contribution in [0.15, 0.2) is 36.4 Å². The van der Waals surface area contributed by atoms with Gasteiger partial charge in [-0.2, -0.15) is 0 Å². The van der Waals surface area contributed by atoms with E-state index in [1.54, 1.807) is 24.3 Å². The molecule has 0 radical (unpaired) electrons. The lowest BCUT2D eigenvalue weighted by Crippen LogP contribution is -2.42. The predicted molar refractivity (Wildman–Crippen MR) is 94.3 cm³/mol. The summed E-state index contributed by atoms with van der Waals surface area (Å²) >= 11 is 0. The molecule has 3 nitrogen and oxygen atoms in total. The lowest BCUT2D eigenvalue weighted by Gasteiger charge is -2.32. The van der Waals surface area contributed by atoms with Crippen LogP contribution in [0.1, 0.15) is 23.2 Å². The van der Waals surface area contributed by atoms with E-state index in [9.17, 15) is 18.0 Å². The van der Waals surface area contributed by atoms with Gasteiger partial charge in [0.15, 0.2) is 17.5 Å². The molecule has 6 heteroatoms. The van der Waals surface area contributed by atoms with Crippen LogP contribution in [-0.2, 0) is 0 Å². The number of nitrogens with one attached hydrogen (secondary N) is 1. The lowest BCUT2D eigenvalue weighted by molar-refractivity contribution is 0.0674. The number of amides is 1. The molecular weight excluding hydrogens is 341 g/mol. The van der Waals surface area contributed by atoms with Gasteiger partial charge in [0.1, 0.15) is 0 Å². The SMILES string of the molecule is CNCC1CCCN(C(=O)c2ccc(-c3cc(F)c(F)c(F)c3)cc2)C1. The largest absolute Gasteiger partial charge is 0.338 e. The molecule has 1 amide bonds. The zero-order valence-corrected chi connectivity index (χ0v) is 14.6.